The molecule has 0 bridgehead atoms. The van der Waals surface area contributed by atoms with Gasteiger partial charge in [-0.25, -0.2) is 0 Å². The summed E-state index contributed by atoms with van der Waals surface area (Å²) in [5, 5.41) is 11.6. The lowest BCUT2D eigenvalue weighted by molar-refractivity contribution is -0.0682. The average Bonchev–Trinajstić information content (AvgIpc) is 3.17. The SMILES string of the molecule is C#CCOc1ccc(CN2C[C@@H]3CCC[C@@](O)(c4ccc(C)cn4)[C@H]3C2)cc1OC. The van der Waals surface area contributed by atoms with Crippen LogP contribution in [-0.2, 0) is 12.1 Å². The molecule has 0 spiro atoms. The number of aryl methyl sites for hydroxylation is 1. The number of aromatic nitrogens is 1. The first-order valence-electron chi connectivity index (χ1n) is 10.6. The summed E-state index contributed by atoms with van der Waals surface area (Å²) in [7, 11) is 1.64. The molecule has 2 fully saturated rings. The van der Waals surface area contributed by atoms with Gasteiger partial charge < -0.3 is 14.6 Å². The molecule has 3 atom stereocenters. The van der Waals surface area contributed by atoms with Gasteiger partial charge in [0.25, 0.3) is 0 Å². The monoisotopic (exact) mass is 406 g/mol. The maximum absolute atomic E-state index is 11.6. The fourth-order valence-corrected chi connectivity index (χ4v) is 5.09. The molecule has 5 nitrogen and oxygen atoms in total. The minimum absolute atomic E-state index is 0.210. The molecule has 30 heavy (non-hydrogen) atoms. The minimum atomic E-state index is -0.837. The maximum atomic E-state index is 11.6. The van der Waals surface area contributed by atoms with E-state index in [1.807, 2.05) is 37.4 Å². The Kier molecular flexibility index (Phi) is 5.99. The normalized spacial score (nSPS) is 26.1. The Morgan fingerprint density at radius 1 is 1.27 bits per heavy atom. The van der Waals surface area contributed by atoms with E-state index in [1.165, 1.54) is 0 Å². The van der Waals surface area contributed by atoms with E-state index in [0.29, 0.717) is 17.4 Å². The lowest BCUT2D eigenvalue weighted by atomic mass is 9.69. The van der Waals surface area contributed by atoms with Gasteiger partial charge in [-0.05, 0) is 61.4 Å². The largest absolute Gasteiger partial charge is 0.493 e. The van der Waals surface area contributed by atoms with E-state index in [4.69, 9.17) is 15.9 Å². The summed E-state index contributed by atoms with van der Waals surface area (Å²) in [6.07, 6.45) is 10.1. The Morgan fingerprint density at radius 2 is 2.13 bits per heavy atom. The molecule has 1 saturated heterocycles. The Bertz CT molecular complexity index is 921. The van der Waals surface area contributed by atoms with Crippen molar-refractivity contribution < 1.29 is 14.6 Å². The number of hydrogen-bond donors (Lipinski definition) is 1. The Labute approximate surface area is 179 Å². The van der Waals surface area contributed by atoms with Gasteiger partial charge in [0.05, 0.1) is 12.8 Å². The number of aliphatic hydroxyl groups is 1. The van der Waals surface area contributed by atoms with Crippen LogP contribution in [-0.4, -0.2) is 41.8 Å². The first-order chi connectivity index (χ1) is 14.5. The quantitative estimate of drug-likeness (QED) is 0.744. The molecule has 5 heteroatoms. The Morgan fingerprint density at radius 3 is 2.87 bits per heavy atom. The van der Waals surface area contributed by atoms with Crippen LogP contribution < -0.4 is 9.47 Å². The van der Waals surface area contributed by atoms with Gasteiger partial charge in [0.2, 0.25) is 0 Å². The van der Waals surface area contributed by atoms with E-state index in [-0.39, 0.29) is 12.5 Å². The molecule has 1 N–H and O–H groups in total. The summed E-state index contributed by atoms with van der Waals surface area (Å²) in [5.74, 6) is 4.54. The predicted molar refractivity (Wildman–Crippen MR) is 116 cm³/mol. The van der Waals surface area contributed by atoms with Crippen molar-refractivity contribution in [1.82, 2.24) is 9.88 Å². The van der Waals surface area contributed by atoms with Gasteiger partial charge in [-0.2, -0.15) is 0 Å². The highest BCUT2D eigenvalue weighted by atomic mass is 16.5. The van der Waals surface area contributed by atoms with Crippen LogP contribution in [0.4, 0.5) is 0 Å². The number of likely N-dealkylation sites (tertiary alicyclic amines) is 1. The number of terminal acetylenes is 1. The minimum Gasteiger partial charge on any atom is -0.493 e. The van der Waals surface area contributed by atoms with Crippen LogP contribution in [0.1, 0.15) is 36.1 Å². The molecule has 1 aromatic carbocycles. The Hall–Kier alpha value is -2.55. The van der Waals surface area contributed by atoms with Gasteiger partial charge in [0.15, 0.2) is 11.5 Å². The van der Waals surface area contributed by atoms with E-state index < -0.39 is 5.60 Å². The smallest absolute Gasteiger partial charge is 0.162 e. The summed E-state index contributed by atoms with van der Waals surface area (Å²) >= 11 is 0. The maximum Gasteiger partial charge on any atom is 0.162 e. The first-order valence-corrected chi connectivity index (χ1v) is 10.6. The third kappa shape index (κ3) is 4.03. The highest BCUT2D eigenvalue weighted by molar-refractivity contribution is 5.43. The van der Waals surface area contributed by atoms with Gasteiger partial charge in [0.1, 0.15) is 12.2 Å². The zero-order chi connectivity index (χ0) is 21.1. The number of rotatable bonds is 6. The van der Waals surface area contributed by atoms with Gasteiger partial charge >= 0.3 is 0 Å². The molecule has 1 saturated carbocycles. The van der Waals surface area contributed by atoms with E-state index >= 15 is 0 Å². The van der Waals surface area contributed by atoms with Crippen LogP contribution in [0.25, 0.3) is 0 Å². The van der Waals surface area contributed by atoms with Crippen LogP contribution in [0.5, 0.6) is 11.5 Å². The highest BCUT2D eigenvalue weighted by Crippen LogP contribution is 2.48. The van der Waals surface area contributed by atoms with Gasteiger partial charge in [-0.15, -0.1) is 6.42 Å². The summed E-state index contributed by atoms with van der Waals surface area (Å²) in [6.45, 7) is 4.93. The third-order valence-electron chi connectivity index (χ3n) is 6.56. The van der Waals surface area contributed by atoms with Crippen LogP contribution in [0.2, 0.25) is 0 Å². The second-order valence-corrected chi connectivity index (χ2v) is 8.58. The lowest BCUT2D eigenvalue weighted by Crippen LogP contribution is -2.43. The van der Waals surface area contributed by atoms with Crippen molar-refractivity contribution in [2.45, 2.75) is 38.3 Å². The van der Waals surface area contributed by atoms with E-state index in [9.17, 15) is 5.11 Å². The molecular weight excluding hydrogens is 376 g/mol. The average molecular weight is 407 g/mol. The van der Waals surface area contributed by atoms with Crippen molar-refractivity contribution in [3.8, 4) is 23.8 Å². The molecule has 2 aliphatic rings. The van der Waals surface area contributed by atoms with E-state index in [0.717, 1.165) is 55.7 Å². The molecule has 158 valence electrons. The van der Waals surface area contributed by atoms with E-state index in [2.05, 4.69) is 21.9 Å². The van der Waals surface area contributed by atoms with Crippen molar-refractivity contribution in [3.63, 3.8) is 0 Å². The summed E-state index contributed by atoms with van der Waals surface area (Å²) < 4.78 is 11.0. The molecule has 4 rings (SSSR count). The molecular formula is C25H30N2O3. The topological polar surface area (TPSA) is 54.8 Å². The molecule has 1 aliphatic heterocycles. The third-order valence-corrected chi connectivity index (χ3v) is 6.56. The van der Waals surface area contributed by atoms with Crippen LogP contribution >= 0.6 is 0 Å². The molecule has 2 heterocycles. The molecule has 0 amide bonds. The zero-order valence-electron chi connectivity index (χ0n) is 17.8. The first kappa shape index (κ1) is 20.7. The summed E-state index contributed by atoms with van der Waals surface area (Å²) in [5.41, 5.74) is 2.26. The number of nitrogens with zero attached hydrogens (tertiary/aromatic N) is 2. The van der Waals surface area contributed by atoms with Gasteiger partial charge in [-0.1, -0.05) is 18.1 Å². The molecule has 0 radical (unpaired) electrons. The highest BCUT2D eigenvalue weighted by Gasteiger charge is 2.50. The second-order valence-electron chi connectivity index (χ2n) is 8.58. The van der Waals surface area contributed by atoms with E-state index in [1.54, 1.807) is 7.11 Å². The number of hydrogen-bond acceptors (Lipinski definition) is 5. The lowest BCUT2D eigenvalue weighted by Gasteiger charge is -2.40. The van der Waals surface area contributed by atoms with Crippen molar-refractivity contribution >= 4 is 0 Å². The number of benzene rings is 1. The predicted octanol–water partition coefficient (Wildman–Crippen LogP) is 3.53. The van der Waals surface area contributed by atoms with Crippen LogP contribution in [0.3, 0.4) is 0 Å². The summed E-state index contributed by atoms with van der Waals surface area (Å²) in [6, 6.07) is 10.0. The number of fused-ring (bicyclic) bond motifs is 1. The van der Waals surface area contributed by atoms with Crippen LogP contribution in [0, 0.1) is 31.1 Å². The van der Waals surface area contributed by atoms with Crippen molar-refractivity contribution in [3.05, 3.63) is 53.3 Å². The number of pyridine rings is 1. The van der Waals surface area contributed by atoms with Crippen molar-refractivity contribution in [1.29, 1.82) is 0 Å². The Balaban J connectivity index is 1.49. The molecule has 2 aromatic rings. The molecule has 1 aromatic heterocycles. The van der Waals surface area contributed by atoms with Crippen molar-refractivity contribution in [2.24, 2.45) is 11.8 Å². The van der Waals surface area contributed by atoms with Crippen LogP contribution in [0.15, 0.2) is 36.5 Å². The summed E-state index contributed by atoms with van der Waals surface area (Å²) in [4.78, 5) is 7.03. The zero-order valence-corrected chi connectivity index (χ0v) is 17.8. The molecule has 1 aliphatic carbocycles. The fourth-order valence-electron chi connectivity index (χ4n) is 5.09. The van der Waals surface area contributed by atoms with Gasteiger partial charge in [0, 0.05) is 31.7 Å². The van der Waals surface area contributed by atoms with Gasteiger partial charge in [-0.3, -0.25) is 9.88 Å². The molecule has 0 unspecified atom stereocenters. The standard InChI is InChI=1S/C25H30N2O3/c1-4-12-30-22-9-8-19(13-23(22)29-3)15-27-16-20-6-5-11-25(28,21(20)17-27)24-10-7-18(2)14-26-24/h1,7-10,13-14,20-21,28H,5-6,11-12,15-17H2,2-3H3/t20-,21-,25-/m0/s1. The number of ether oxygens (including phenoxy) is 2. The number of methoxy groups -OCH3 is 1. The second kappa shape index (κ2) is 8.67. The fraction of sp³-hybridized carbons (Fsp3) is 0.480. The van der Waals surface area contributed by atoms with Crippen molar-refractivity contribution in [2.75, 3.05) is 26.8 Å².